The number of anilines is 1. The monoisotopic (exact) mass is 292 g/mol. The topological polar surface area (TPSA) is 43.8 Å². The molecule has 0 aliphatic heterocycles. The van der Waals surface area contributed by atoms with E-state index in [4.69, 9.17) is 0 Å². The molecule has 1 amide bonds. The maximum Gasteiger partial charge on any atom is 0.222 e. The second-order valence-corrected chi connectivity index (χ2v) is 5.59. The van der Waals surface area contributed by atoms with E-state index in [0.29, 0.717) is 13.0 Å². The molecule has 0 unspecified atom stereocenters. The lowest BCUT2D eigenvalue weighted by Crippen LogP contribution is -2.33. The van der Waals surface area contributed by atoms with Gasteiger partial charge in [0.1, 0.15) is 0 Å². The van der Waals surface area contributed by atoms with Crippen LogP contribution in [0.3, 0.4) is 0 Å². The van der Waals surface area contributed by atoms with E-state index in [1.165, 1.54) is 0 Å². The van der Waals surface area contributed by atoms with Gasteiger partial charge in [0.25, 0.3) is 0 Å². The van der Waals surface area contributed by atoms with Gasteiger partial charge in [-0.15, -0.1) is 0 Å². The Kier molecular flexibility index (Phi) is 7.83. The molecule has 21 heavy (non-hydrogen) atoms. The highest BCUT2D eigenvalue weighted by Crippen LogP contribution is 2.15. The van der Waals surface area contributed by atoms with Crippen LogP contribution in [0.5, 0.6) is 0 Å². The van der Waals surface area contributed by atoms with Gasteiger partial charge in [-0.3, -0.25) is 4.79 Å². The van der Waals surface area contributed by atoms with Gasteiger partial charge >= 0.3 is 0 Å². The van der Waals surface area contributed by atoms with Crippen molar-refractivity contribution in [1.29, 1.82) is 0 Å². The van der Waals surface area contributed by atoms with Crippen LogP contribution in [0.4, 0.5) is 5.69 Å². The first-order valence-electron chi connectivity index (χ1n) is 7.72. The molecule has 0 aliphatic carbocycles. The molecule has 0 radical (unpaired) electrons. The van der Waals surface area contributed by atoms with Gasteiger partial charge in [0, 0.05) is 39.3 Å². The van der Waals surface area contributed by atoms with Gasteiger partial charge in [-0.25, -0.2) is 0 Å². The minimum Gasteiger partial charge on any atom is -0.391 e. The fraction of sp³-hybridized carbons (Fsp3) is 0.588. The van der Waals surface area contributed by atoms with Crippen molar-refractivity contribution in [3.63, 3.8) is 0 Å². The van der Waals surface area contributed by atoms with E-state index >= 15 is 0 Å². The summed E-state index contributed by atoms with van der Waals surface area (Å²) in [7, 11) is 3.58. The van der Waals surface area contributed by atoms with Crippen molar-refractivity contribution in [2.24, 2.45) is 0 Å². The van der Waals surface area contributed by atoms with Crippen molar-refractivity contribution in [3.05, 3.63) is 30.3 Å². The maximum atomic E-state index is 11.6. The molecule has 1 aromatic carbocycles. The number of benzene rings is 1. The largest absolute Gasteiger partial charge is 0.391 e. The highest BCUT2D eigenvalue weighted by atomic mass is 16.3. The first-order valence-corrected chi connectivity index (χ1v) is 7.72. The zero-order valence-electron chi connectivity index (χ0n) is 13.5. The van der Waals surface area contributed by atoms with Gasteiger partial charge in [-0.2, -0.15) is 0 Å². The molecule has 0 saturated carbocycles. The molecular formula is C17H28N2O2. The van der Waals surface area contributed by atoms with Gasteiger partial charge in [-0.05, 0) is 31.4 Å². The van der Waals surface area contributed by atoms with Gasteiger partial charge in [0.2, 0.25) is 5.91 Å². The molecule has 0 saturated heterocycles. The lowest BCUT2D eigenvalue weighted by molar-refractivity contribution is -0.128. The molecule has 0 fully saturated rings. The number of para-hydroxylation sites is 1. The van der Waals surface area contributed by atoms with Crippen molar-refractivity contribution in [3.8, 4) is 0 Å². The summed E-state index contributed by atoms with van der Waals surface area (Å²) in [5.74, 6) is 0.176. The number of rotatable bonds is 9. The lowest BCUT2D eigenvalue weighted by atomic mass is 10.1. The predicted octanol–water partition coefficient (Wildman–Crippen LogP) is 2.52. The van der Waals surface area contributed by atoms with E-state index in [1.807, 2.05) is 25.1 Å². The second-order valence-electron chi connectivity index (χ2n) is 5.59. The lowest BCUT2D eigenvalue weighted by Gasteiger charge is -2.27. The Balaban J connectivity index is 2.48. The van der Waals surface area contributed by atoms with E-state index in [2.05, 4.69) is 17.0 Å². The molecule has 1 aromatic rings. The van der Waals surface area contributed by atoms with E-state index in [9.17, 15) is 9.90 Å². The van der Waals surface area contributed by atoms with E-state index in [-0.39, 0.29) is 12.0 Å². The van der Waals surface area contributed by atoms with Crippen molar-refractivity contribution in [1.82, 2.24) is 4.90 Å². The maximum absolute atomic E-state index is 11.6. The number of carbonyl (C=O) groups is 1. The summed E-state index contributed by atoms with van der Waals surface area (Å²) in [4.78, 5) is 15.4. The molecule has 0 bridgehead atoms. The number of aliphatic hydroxyl groups excluding tert-OH is 1. The third-order valence-corrected chi connectivity index (χ3v) is 3.59. The number of aliphatic hydroxyl groups is 1. The molecule has 4 nitrogen and oxygen atoms in total. The van der Waals surface area contributed by atoms with Crippen molar-refractivity contribution in [2.75, 3.05) is 32.1 Å². The molecule has 118 valence electrons. The van der Waals surface area contributed by atoms with Crippen molar-refractivity contribution < 1.29 is 9.90 Å². The third-order valence-electron chi connectivity index (χ3n) is 3.59. The molecule has 0 aliphatic rings. The molecule has 0 heterocycles. The highest BCUT2D eigenvalue weighted by Gasteiger charge is 2.11. The predicted molar refractivity (Wildman–Crippen MR) is 87.5 cm³/mol. The van der Waals surface area contributed by atoms with Gasteiger partial charge in [0.05, 0.1) is 6.10 Å². The summed E-state index contributed by atoms with van der Waals surface area (Å²) >= 11 is 0. The number of nitrogens with zero attached hydrogens (tertiary/aromatic N) is 2. The van der Waals surface area contributed by atoms with Gasteiger partial charge in [0.15, 0.2) is 0 Å². The Labute approximate surface area is 128 Å². The Morgan fingerprint density at radius 2 is 1.86 bits per heavy atom. The summed E-state index contributed by atoms with van der Waals surface area (Å²) < 4.78 is 0. The average Bonchev–Trinajstić information content (AvgIpc) is 2.50. The molecular weight excluding hydrogens is 264 g/mol. The number of hydrogen-bond acceptors (Lipinski definition) is 3. The average molecular weight is 292 g/mol. The molecule has 0 aromatic heterocycles. The van der Waals surface area contributed by atoms with Crippen LogP contribution in [-0.2, 0) is 4.79 Å². The molecule has 0 spiro atoms. The van der Waals surface area contributed by atoms with Crippen molar-refractivity contribution >= 4 is 11.6 Å². The third kappa shape index (κ3) is 6.63. The van der Waals surface area contributed by atoms with Crippen LogP contribution in [0.15, 0.2) is 30.3 Å². The van der Waals surface area contributed by atoms with Gasteiger partial charge in [-0.1, -0.05) is 25.1 Å². The van der Waals surface area contributed by atoms with Crippen LogP contribution < -0.4 is 4.90 Å². The Morgan fingerprint density at radius 1 is 1.19 bits per heavy atom. The minimum atomic E-state index is -0.311. The fourth-order valence-corrected chi connectivity index (χ4v) is 2.15. The fourth-order valence-electron chi connectivity index (χ4n) is 2.15. The summed E-state index contributed by atoms with van der Waals surface area (Å²) in [6, 6.07) is 10.1. The summed E-state index contributed by atoms with van der Waals surface area (Å²) in [5, 5.41) is 9.90. The number of carbonyl (C=O) groups excluding carboxylic acids is 1. The van der Waals surface area contributed by atoms with E-state index < -0.39 is 0 Å². The summed E-state index contributed by atoms with van der Waals surface area (Å²) in [5.41, 5.74) is 1.13. The highest BCUT2D eigenvalue weighted by molar-refractivity contribution is 5.75. The Morgan fingerprint density at radius 3 is 2.43 bits per heavy atom. The quantitative estimate of drug-likeness (QED) is 0.711. The SMILES string of the molecule is CC[C@@H](O)CN(CCCCC(=O)N(C)C)c1ccccc1. The normalized spacial score (nSPS) is 12.0. The smallest absolute Gasteiger partial charge is 0.222 e. The molecule has 1 N–H and O–H groups in total. The van der Waals surface area contributed by atoms with Crippen LogP contribution >= 0.6 is 0 Å². The van der Waals surface area contributed by atoms with Crippen LogP contribution in [0.2, 0.25) is 0 Å². The number of hydrogen-bond donors (Lipinski definition) is 1. The first-order chi connectivity index (χ1) is 10.0. The van der Waals surface area contributed by atoms with Crippen LogP contribution in [-0.4, -0.2) is 49.2 Å². The Hall–Kier alpha value is -1.55. The number of unbranched alkanes of at least 4 members (excludes halogenated alkanes) is 1. The van der Waals surface area contributed by atoms with E-state index in [0.717, 1.165) is 31.5 Å². The molecule has 1 rings (SSSR count). The minimum absolute atomic E-state index is 0.176. The zero-order chi connectivity index (χ0) is 15.7. The standard InChI is InChI=1S/C17H28N2O2/c1-4-16(20)14-19(15-10-6-5-7-11-15)13-9-8-12-17(21)18(2)3/h5-7,10-11,16,20H,4,8-9,12-14H2,1-3H3/t16-/m1/s1. The van der Waals surface area contributed by atoms with E-state index in [1.54, 1.807) is 19.0 Å². The van der Waals surface area contributed by atoms with Crippen LogP contribution in [0.25, 0.3) is 0 Å². The second kappa shape index (κ2) is 9.40. The zero-order valence-corrected chi connectivity index (χ0v) is 13.5. The van der Waals surface area contributed by atoms with Crippen molar-refractivity contribution in [2.45, 2.75) is 38.7 Å². The Bertz CT molecular complexity index is 407. The summed E-state index contributed by atoms with van der Waals surface area (Å²) in [6.45, 7) is 3.49. The first kappa shape index (κ1) is 17.5. The van der Waals surface area contributed by atoms with Crippen LogP contribution in [0.1, 0.15) is 32.6 Å². The van der Waals surface area contributed by atoms with Crippen LogP contribution in [0, 0.1) is 0 Å². The molecule has 4 heteroatoms. The molecule has 1 atom stereocenters. The van der Waals surface area contributed by atoms with Gasteiger partial charge < -0.3 is 14.9 Å². The summed E-state index contributed by atoms with van der Waals surface area (Å²) in [6.07, 6.45) is 2.86. The number of amides is 1.